The van der Waals surface area contributed by atoms with Crippen LogP contribution in [0.25, 0.3) is 10.2 Å². The molecule has 0 aliphatic carbocycles. The lowest BCUT2D eigenvalue weighted by Gasteiger charge is -2.02. The molecular weight excluding hydrogens is 342 g/mol. The number of hydrogen-bond donors (Lipinski definition) is 2. The molecule has 2 amide bonds. The topological polar surface area (TPSA) is 97.4 Å². The highest BCUT2D eigenvalue weighted by molar-refractivity contribution is 7.22. The summed E-state index contributed by atoms with van der Waals surface area (Å²) in [6.45, 7) is 0. The maximum atomic E-state index is 12.0. The maximum Gasteiger partial charge on any atom is 0.293 e. The van der Waals surface area contributed by atoms with Crippen LogP contribution in [-0.2, 0) is 0 Å². The molecule has 0 fully saturated rings. The van der Waals surface area contributed by atoms with Crippen LogP contribution >= 0.6 is 11.3 Å². The summed E-state index contributed by atoms with van der Waals surface area (Å²) in [5.74, 6) is -0.253. The van der Waals surface area contributed by atoms with E-state index in [1.807, 2.05) is 0 Å². The number of benzene rings is 1. The van der Waals surface area contributed by atoms with Crippen molar-refractivity contribution in [2.45, 2.75) is 0 Å². The van der Waals surface area contributed by atoms with Gasteiger partial charge in [-0.25, -0.2) is 4.98 Å². The highest BCUT2D eigenvalue weighted by Gasteiger charge is 2.13. The minimum absolute atomic E-state index is 0.214. The van der Waals surface area contributed by atoms with E-state index in [1.54, 1.807) is 42.5 Å². The van der Waals surface area contributed by atoms with E-state index in [0.29, 0.717) is 10.8 Å². The normalized spacial score (nSPS) is 10.7. The van der Waals surface area contributed by atoms with Crippen LogP contribution in [0.5, 0.6) is 0 Å². The molecule has 4 rings (SSSR count). The van der Waals surface area contributed by atoms with Gasteiger partial charge in [0.15, 0.2) is 16.7 Å². The number of hydrogen-bond acceptors (Lipinski definition) is 6. The number of carbonyl (C=O) groups is 2. The Kier molecular flexibility index (Phi) is 3.79. The van der Waals surface area contributed by atoms with E-state index in [0.717, 1.165) is 10.2 Å². The first-order valence-corrected chi connectivity index (χ1v) is 8.11. The van der Waals surface area contributed by atoms with E-state index in [4.69, 9.17) is 8.83 Å². The first-order chi connectivity index (χ1) is 12.2. The highest BCUT2D eigenvalue weighted by atomic mass is 32.1. The zero-order chi connectivity index (χ0) is 17.2. The molecule has 0 unspecified atom stereocenters. The van der Waals surface area contributed by atoms with E-state index >= 15 is 0 Å². The first kappa shape index (κ1) is 15.2. The minimum Gasteiger partial charge on any atom is -0.459 e. The van der Waals surface area contributed by atoms with Gasteiger partial charge < -0.3 is 14.2 Å². The van der Waals surface area contributed by atoms with Crippen molar-refractivity contribution in [2.75, 3.05) is 10.6 Å². The summed E-state index contributed by atoms with van der Waals surface area (Å²) in [7, 11) is 0. The number of nitrogens with one attached hydrogen (secondary N) is 2. The average molecular weight is 353 g/mol. The Morgan fingerprint density at radius 3 is 2.24 bits per heavy atom. The van der Waals surface area contributed by atoms with Gasteiger partial charge in [-0.3, -0.25) is 14.9 Å². The predicted octanol–water partition coefficient (Wildman–Crippen LogP) is 3.99. The van der Waals surface area contributed by atoms with Gasteiger partial charge in [0.05, 0.1) is 22.7 Å². The molecule has 3 aromatic heterocycles. The summed E-state index contributed by atoms with van der Waals surface area (Å²) in [6.07, 6.45) is 2.87. The number of furan rings is 2. The third-order valence-electron chi connectivity index (χ3n) is 3.36. The Labute approximate surface area is 145 Å². The summed E-state index contributed by atoms with van der Waals surface area (Å²) in [5, 5.41) is 5.89. The number of fused-ring (bicyclic) bond motifs is 1. The van der Waals surface area contributed by atoms with E-state index in [-0.39, 0.29) is 23.3 Å². The maximum absolute atomic E-state index is 12.0. The van der Waals surface area contributed by atoms with Gasteiger partial charge in [-0.15, -0.1) is 0 Å². The summed E-state index contributed by atoms with van der Waals surface area (Å²) < 4.78 is 10.9. The summed E-state index contributed by atoms with van der Waals surface area (Å²) >= 11 is 1.30. The van der Waals surface area contributed by atoms with Gasteiger partial charge >= 0.3 is 0 Å². The van der Waals surface area contributed by atoms with Crippen LogP contribution in [0.15, 0.2) is 63.8 Å². The molecule has 0 spiro atoms. The molecule has 0 aliphatic rings. The number of anilines is 2. The number of rotatable bonds is 4. The molecular formula is C17H11N3O4S. The van der Waals surface area contributed by atoms with Gasteiger partial charge in [0.1, 0.15) is 0 Å². The van der Waals surface area contributed by atoms with Crippen molar-refractivity contribution in [1.82, 2.24) is 4.98 Å². The lowest BCUT2D eigenvalue weighted by Crippen LogP contribution is -2.10. The van der Waals surface area contributed by atoms with Gasteiger partial charge in [-0.05, 0) is 42.5 Å². The summed E-state index contributed by atoms with van der Waals surface area (Å²) in [4.78, 5) is 28.3. The molecule has 0 saturated carbocycles. The molecule has 0 bridgehead atoms. The molecule has 1 aromatic carbocycles. The standard InChI is InChI=1S/C17H11N3O4S/c21-15(12-3-1-7-23-12)18-10-5-6-11-14(9-10)25-17(19-11)20-16(22)13-4-2-8-24-13/h1-9H,(H,18,21)(H,19,20,22). The van der Waals surface area contributed by atoms with Crippen molar-refractivity contribution in [3.8, 4) is 0 Å². The predicted molar refractivity (Wildman–Crippen MR) is 92.9 cm³/mol. The zero-order valence-corrected chi connectivity index (χ0v) is 13.5. The minimum atomic E-state index is -0.365. The molecule has 0 radical (unpaired) electrons. The van der Waals surface area contributed by atoms with Gasteiger partial charge in [0.2, 0.25) is 0 Å². The number of aromatic nitrogens is 1. The SMILES string of the molecule is O=C(Nc1ccc2nc(NC(=O)c3ccco3)sc2c1)c1ccco1. The van der Waals surface area contributed by atoms with Crippen molar-refractivity contribution in [3.63, 3.8) is 0 Å². The van der Waals surface area contributed by atoms with E-state index in [9.17, 15) is 9.59 Å². The molecule has 8 heteroatoms. The number of nitrogens with zero attached hydrogens (tertiary/aromatic N) is 1. The van der Waals surface area contributed by atoms with Crippen molar-refractivity contribution in [3.05, 3.63) is 66.5 Å². The quantitative estimate of drug-likeness (QED) is 0.578. The van der Waals surface area contributed by atoms with Crippen LogP contribution < -0.4 is 10.6 Å². The van der Waals surface area contributed by atoms with Crippen molar-refractivity contribution >= 4 is 44.2 Å². The first-order valence-electron chi connectivity index (χ1n) is 7.29. The van der Waals surface area contributed by atoms with E-state index in [1.165, 1.54) is 23.9 Å². The molecule has 3 heterocycles. The van der Waals surface area contributed by atoms with Crippen LogP contribution in [0.4, 0.5) is 10.8 Å². The molecule has 124 valence electrons. The number of amides is 2. The highest BCUT2D eigenvalue weighted by Crippen LogP contribution is 2.29. The number of thiazole rings is 1. The molecule has 4 aromatic rings. The molecule has 0 aliphatic heterocycles. The third kappa shape index (κ3) is 3.15. The largest absolute Gasteiger partial charge is 0.459 e. The fraction of sp³-hybridized carbons (Fsp3) is 0. The van der Waals surface area contributed by atoms with Crippen LogP contribution in [0.3, 0.4) is 0 Å². The van der Waals surface area contributed by atoms with Crippen molar-refractivity contribution < 1.29 is 18.4 Å². The molecule has 7 nitrogen and oxygen atoms in total. The zero-order valence-electron chi connectivity index (χ0n) is 12.7. The molecule has 0 saturated heterocycles. The Bertz CT molecular complexity index is 989. The Balaban J connectivity index is 1.53. The smallest absolute Gasteiger partial charge is 0.293 e. The lowest BCUT2D eigenvalue weighted by atomic mass is 10.3. The van der Waals surface area contributed by atoms with Crippen LogP contribution in [-0.4, -0.2) is 16.8 Å². The second-order valence-electron chi connectivity index (χ2n) is 5.06. The van der Waals surface area contributed by atoms with E-state index < -0.39 is 0 Å². The van der Waals surface area contributed by atoms with Crippen molar-refractivity contribution in [2.24, 2.45) is 0 Å². The monoisotopic (exact) mass is 353 g/mol. The molecule has 2 N–H and O–H groups in total. The van der Waals surface area contributed by atoms with Crippen LogP contribution in [0, 0.1) is 0 Å². The Hall–Kier alpha value is -3.39. The third-order valence-corrected chi connectivity index (χ3v) is 4.29. The number of carbonyl (C=O) groups excluding carboxylic acids is 2. The van der Waals surface area contributed by atoms with Gasteiger partial charge in [0.25, 0.3) is 11.8 Å². The average Bonchev–Trinajstić information content (AvgIpc) is 3.35. The van der Waals surface area contributed by atoms with Crippen LogP contribution in [0.2, 0.25) is 0 Å². The van der Waals surface area contributed by atoms with Crippen LogP contribution in [0.1, 0.15) is 21.1 Å². The second kappa shape index (κ2) is 6.25. The summed E-state index contributed by atoms with van der Waals surface area (Å²) in [6, 6.07) is 11.7. The van der Waals surface area contributed by atoms with E-state index in [2.05, 4.69) is 15.6 Å². The van der Waals surface area contributed by atoms with Gasteiger partial charge in [0, 0.05) is 5.69 Å². The summed E-state index contributed by atoms with van der Waals surface area (Å²) in [5.41, 5.74) is 1.33. The van der Waals surface area contributed by atoms with Crippen molar-refractivity contribution in [1.29, 1.82) is 0 Å². The second-order valence-corrected chi connectivity index (χ2v) is 6.10. The van der Waals surface area contributed by atoms with Gasteiger partial charge in [-0.1, -0.05) is 11.3 Å². The molecule has 25 heavy (non-hydrogen) atoms. The fourth-order valence-electron chi connectivity index (χ4n) is 2.22. The molecule has 0 atom stereocenters. The Morgan fingerprint density at radius 2 is 1.60 bits per heavy atom. The Morgan fingerprint density at radius 1 is 0.920 bits per heavy atom. The lowest BCUT2D eigenvalue weighted by molar-refractivity contribution is 0.0989. The fourth-order valence-corrected chi connectivity index (χ4v) is 3.12. The van der Waals surface area contributed by atoms with Gasteiger partial charge in [-0.2, -0.15) is 0 Å².